The number of unbranched alkanes of at least 4 members (excludes halogenated alkanes) is 1. The van der Waals surface area contributed by atoms with Gasteiger partial charge < -0.3 is 5.11 Å². The normalized spacial score (nSPS) is 11.3. The molecule has 0 spiro atoms. The molecule has 1 aromatic carbocycles. The van der Waals surface area contributed by atoms with Gasteiger partial charge in [-0.05, 0) is 24.6 Å². The highest BCUT2D eigenvalue weighted by molar-refractivity contribution is 7.89. The van der Waals surface area contributed by atoms with Crippen molar-refractivity contribution in [3.63, 3.8) is 0 Å². The van der Waals surface area contributed by atoms with Crippen molar-refractivity contribution in [2.75, 3.05) is 20.2 Å². The first-order valence-electron chi connectivity index (χ1n) is 6.79. The van der Waals surface area contributed by atoms with E-state index in [-0.39, 0.29) is 16.5 Å². The molecule has 0 bridgehead atoms. The Hall–Kier alpha value is -1.06. The molecule has 0 aromatic heterocycles. The molecule has 1 N–H and O–H groups in total. The van der Waals surface area contributed by atoms with Crippen molar-refractivity contribution in [2.24, 2.45) is 0 Å². The molecule has 21 heavy (non-hydrogen) atoms. The zero-order chi connectivity index (χ0) is 15.9. The van der Waals surface area contributed by atoms with Gasteiger partial charge in [-0.3, -0.25) is 0 Å². The molecule has 0 saturated heterocycles. The van der Waals surface area contributed by atoms with Crippen LogP contribution < -0.4 is 0 Å². The first-order chi connectivity index (χ1) is 9.93. The first-order valence-corrected chi connectivity index (χ1v) is 8.61. The quantitative estimate of drug-likeness (QED) is 0.816. The average Bonchev–Trinajstić information content (AvgIpc) is 2.44. The zero-order valence-electron chi connectivity index (χ0n) is 12.3. The van der Waals surface area contributed by atoms with Gasteiger partial charge in [-0.1, -0.05) is 36.8 Å². The van der Waals surface area contributed by atoms with Gasteiger partial charge >= 0.3 is 0 Å². The molecule has 0 amide bonds. The lowest BCUT2D eigenvalue weighted by molar-refractivity contribution is 0.305. The number of hydrogen-bond donors (Lipinski definition) is 1. The lowest BCUT2D eigenvalue weighted by Crippen LogP contribution is -2.28. The Bertz CT molecular complexity index is 632. The predicted molar refractivity (Wildman–Crippen MR) is 84.8 cm³/mol. The van der Waals surface area contributed by atoms with E-state index >= 15 is 0 Å². The smallest absolute Gasteiger partial charge is 0.244 e. The summed E-state index contributed by atoms with van der Waals surface area (Å²) in [5.74, 6) is 5.59. The molecule has 6 heteroatoms. The third-order valence-electron chi connectivity index (χ3n) is 2.92. The fourth-order valence-corrected chi connectivity index (χ4v) is 3.40. The molecule has 0 heterocycles. The van der Waals surface area contributed by atoms with E-state index in [1.807, 2.05) is 6.92 Å². The van der Waals surface area contributed by atoms with Crippen molar-refractivity contribution in [3.05, 3.63) is 28.8 Å². The van der Waals surface area contributed by atoms with Crippen LogP contribution in [0.2, 0.25) is 5.02 Å². The van der Waals surface area contributed by atoms with Crippen molar-refractivity contribution in [1.82, 2.24) is 4.31 Å². The summed E-state index contributed by atoms with van der Waals surface area (Å²) < 4.78 is 26.1. The van der Waals surface area contributed by atoms with Gasteiger partial charge in [0, 0.05) is 25.6 Å². The number of aliphatic hydroxyl groups excluding tert-OH is 1. The Kier molecular flexibility index (Phi) is 7.20. The van der Waals surface area contributed by atoms with E-state index in [0.29, 0.717) is 18.5 Å². The number of aliphatic hydroxyl groups is 1. The van der Waals surface area contributed by atoms with Gasteiger partial charge in [-0.15, -0.1) is 0 Å². The van der Waals surface area contributed by atoms with Crippen LogP contribution in [0, 0.1) is 11.8 Å². The minimum Gasteiger partial charge on any atom is -0.395 e. The van der Waals surface area contributed by atoms with E-state index in [2.05, 4.69) is 11.8 Å². The largest absolute Gasteiger partial charge is 0.395 e. The van der Waals surface area contributed by atoms with Crippen molar-refractivity contribution >= 4 is 21.6 Å². The van der Waals surface area contributed by atoms with Crippen LogP contribution in [0.5, 0.6) is 0 Å². The number of hydrogen-bond acceptors (Lipinski definition) is 3. The monoisotopic (exact) mass is 329 g/mol. The number of rotatable bonds is 6. The summed E-state index contributed by atoms with van der Waals surface area (Å²) in [4.78, 5) is 0.0930. The summed E-state index contributed by atoms with van der Waals surface area (Å²) in [6.07, 6.45) is 2.10. The summed E-state index contributed by atoms with van der Waals surface area (Å²) in [6.45, 7) is 2.47. The minimum absolute atomic E-state index is 0.00455. The second kappa shape index (κ2) is 8.40. The highest BCUT2D eigenvalue weighted by Gasteiger charge is 2.23. The Morgan fingerprint density at radius 2 is 2.10 bits per heavy atom. The molecule has 0 aliphatic rings. The summed E-state index contributed by atoms with van der Waals surface area (Å²) in [5, 5.41) is 8.83. The van der Waals surface area contributed by atoms with Crippen LogP contribution in [0.4, 0.5) is 0 Å². The van der Waals surface area contributed by atoms with E-state index in [4.69, 9.17) is 16.7 Å². The molecule has 1 aromatic rings. The van der Waals surface area contributed by atoms with Crippen molar-refractivity contribution < 1.29 is 13.5 Å². The minimum atomic E-state index is -3.57. The van der Waals surface area contributed by atoms with Crippen molar-refractivity contribution in [3.8, 4) is 11.8 Å². The second-order valence-electron chi connectivity index (χ2n) is 4.60. The Morgan fingerprint density at radius 3 is 2.67 bits per heavy atom. The maximum absolute atomic E-state index is 12.4. The average molecular weight is 330 g/mol. The van der Waals surface area contributed by atoms with Crippen LogP contribution >= 0.6 is 11.6 Å². The Balaban J connectivity index is 3.02. The molecule has 0 aliphatic carbocycles. The molecule has 4 nitrogen and oxygen atoms in total. The number of halogens is 1. The van der Waals surface area contributed by atoms with E-state index in [9.17, 15) is 8.42 Å². The third-order valence-corrected chi connectivity index (χ3v) is 5.26. The molecular weight excluding hydrogens is 310 g/mol. The predicted octanol–water partition coefficient (Wildman–Crippen LogP) is 2.49. The van der Waals surface area contributed by atoms with Crippen LogP contribution in [0.3, 0.4) is 0 Å². The molecule has 0 unspecified atom stereocenters. The molecule has 0 atom stereocenters. The summed E-state index contributed by atoms with van der Waals surface area (Å²) in [5.41, 5.74) is 0.628. The van der Waals surface area contributed by atoms with Gasteiger partial charge in [0.05, 0.1) is 11.6 Å². The number of sulfonamides is 1. The van der Waals surface area contributed by atoms with Crippen LogP contribution in [0.15, 0.2) is 23.1 Å². The van der Waals surface area contributed by atoms with Crippen molar-refractivity contribution in [1.29, 1.82) is 0 Å². The topological polar surface area (TPSA) is 57.6 Å². The summed E-state index contributed by atoms with van der Waals surface area (Å²) in [7, 11) is -2.02. The van der Waals surface area contributed by atoms with Crippen LogP contribution in [-0.4, -0.2) is 38.0 Å². The maximum Gasteiger partial charge on any atom is 0.244 e. The van der Waals surface area contributed by atoms with Gasteiger partial charge in [0.1, 0.15) is 4.90 Å². The summed E-state index contributed by atoms with van der Waals surface area (Å²) in [6, 6.07) is 4.63. The SMILES string of the molecule is CCCCN(C)S(=O)(=O)c1ccc(C#CCCO)cc1Cl. The molecule has 1 rings (SSSR count). The van der Waals surface area contributed by atoms with E-state index in [0.717, 1.165) is 12.8 Å². The maximum atomic E-state index is 12.4. The molecular formula is C15H20ClNO3S. The van der Waals surface area contributed by atoms with Gasteiger partial charge in [-0.2, -0.15) is 0 Å². The molecule has 0 radical (unpaired) electrons. The van der Waals surface area contributed by atoms with Gasteiger partial charge in [0.25, 0.3) is 0 Å². The van der Waals surface area contributed by atoms with Crippen LogP contribution in [-0.2, 0) is 10.0 Å². The highest BCUT2D eigenvalue weighted by atomic mass is 35.5. The second-order valence-corrected chi connectivity index (χ2v) is 7.02. The van der Waals surface area contributed by atoms with E-state index < -0.39 is 10.0 Å². The molecule has 0 aliphatic heterocycles. The molecule has 0 saturated carbocycles. The Morgan fingerprint density at radius 1 is 1.38 bits per heavy atom. The summed E-state index contributed by atoms with van der Waals surface area (Å²) >= 11 is 6.08. The standard InChI is InChI=1S/C15H20ClNO3S/c1-3-4-10-17(2)21(19,20)15-9-8-13(12-14(15)16)7-5-6-11-18/h8-9,12,18H,3-4,6,10-11H2,1-2H3. The Labute approximate surface area is 131 Å². The number of nitrogens with zero attached hydrogens (tertiary/aromatic N) is 1. The third kappa shape index (κ3) is 5.01. The molecule has 116 valence electrons. The lowest BCUT2D eigenvalue weighted by Gasteiger charge is -2.17. The number of benzene rings is 1. The van der Waals surface area contributed by atoms with Gasteiger partial charge in [0.15, 0.2) is 0 Å². The van der Waals surface area contributed by atoms with E-state index in [1.165, 1.54) is 16.4 Å². The lowest BCUT2D eigenvalue weighted by atomic mass is 10.2. The van der Waals surface area contributed by atoms with Crippen LogP contribution in [0.25, 0.3) is 0 Å². The van der Waals surface area contributed by atoms with Crippen molar-refractivity contribution in [2.45, 2.75) is 31.1 Å². The molecule has 0 fully saturated rings. The first kappa shape index (κ1) is 18.0. The fraction of sp³-hybridized carbons (Fsp3) is 0.467. The fourth-order valence-electron chi connectivity index (χ4n) is 1.68. The van der Waals surface area contributed by atoms with Crippen LogP contribution in [0.1, 0.15) is 31.7 Å². The van der Waals surface area contributed by atoms with Gasteiger partial charge in [0.2, 0.25) is 10.0 Å². The zero-order valence-corrected chi connectivity index (χ0v) is 13.8. The highest BCUT2D eigenvalue weighted by Crippen LogP contribution is 2.25. The van der Waals surface area contributed by atoms with Gasteiger partial charge in [-0.25, -0.2) is 12.7 Å². The van der Waals surface area contributed by atoms with E-state index in [1.54, 1.807) is 13.1 Å².